The van der Waals surface area contributed by atoms with E-state index >= 15 is 0 Å². The number of nitrogens with zero attached hydrogens (tertiary/aromatic N) is 3. The summed E-state index contributed by atoms with van der Waals surface area (Å²) in [4.78, 5) is 11.7. The van der Waals surface area contributed by atoms with Crippen molar-refractivity contribution >= 4 is 22.7 Å². The average molecular weight is 376 g/mol. The first-order valence-corrected chi connectivity index (χ1v) is 9.54. The van der Waals surface area contributed by atoms with Gasteiger partial charge in [0.15, 0.2) is 0 Å². The summed E-state index contributed by atoms with van der Waals surface area (Å²) in [6, 6.07) is 12.1. The van der Waals surface area contributed by atoms with Crippen LogP contribution in [0.2, 0.25) is 0 Å². The van der Waals surface area contributed by atoms with Gasteiger partial charge in [-0.15, -0.1) is 11.3 Å². The van der Waals surface area contributed by atoms with Crippen LogP contribution in [-0.4, -0.2) is 32.4 Å². The topological polar surface area (TPSA) is 73.1 Å². The molecule has 0 saturated heterocycles. The quantitative estimate of drug-likeness (QED) is 0.699. The molecule has 136 valence electrons. The third-order valence-electron chi connectivity index (χ3n) is 4.64. The highest BCUT2D eigenvalue weighted by molar-refractivity contribution is 7.13. The fraction of sp³-hybridized carbons (Fsp3) is 0.190. The zero-order chi connectivity index (χ0) is 19.0. The predicted molar refractivity (Wildman–Crippen MR) is 109 cm³/mol. The van der Waals surface area contributed by atoms with Gasteiger partial charge in [-0.3, -0.25) is 10.4 Å². The summed E-state index contributed by atoms with van der Waals surface area (Å²) in [5, 5.41) is 19.8. The Balaban J connectivity index is 1.61. The molecule has 0 bridgehead atoms. The van der Waals surface area contributed by atoms with Gasteiger partial charge in [0.2, 0.25) is 0 Å². The number of aliphatic hydroxyl groups is 1. The van der Waals surface area contributed by atoms with Crippen LogP contribution in [0.15, 0.2) is 54.6 Å². The van der Waals surface area contributed by atoms with E-state index in [4.69, 9.17) is 10.4 Å². The van der Waals surface area contributed by atoms with Crippen LogP contribution < -0.4 is 0 Å². The number of hydrogen-bond donors (Lipinski definition) is 2. The summed E-state index contributed by atoms with van der Waals surface area (Å²) in [5.74, 6) is 0.520. The minimum atomic E-state index is 0.207. The van der Waals surface area contributed by atoms with Crippen molar-refractivity contribution in [2.45, 2.75) is 20.4 Å². The summed E-state index contributed by atoms with van der Waals surface area (Å²) < 4.78 is 0. The lowest BCUT2D eigenvalue weighted by Crippen LogP contribution is -2.26. The summed E-state index contributed by atoms with van der Waals surface area (Å²) in [6.45, 7) is 4.98. The van der Waals surface area contributed by atoms with Crippen LogP contribution >= 0.6 is 11.3 Å². The van der Waals surface area contributed by atoms with Gasteiger partial charge in [0.05, 0.1) is 17.8 Å². The number of aryl methyl sites for hydroxylation is 2. The van der Waals surface area contributed by atoms with Crippen molar-refractivity contribution in [2.24, 2.45) is 0 Å². The van der Waals surface area contributed by atoms with Gasteiger partial charge in [-0.05, 0) is 31.5 Å². The van der Waals surface area contributed by atoms with Crippen molar-refractivity contribution in [2.75, 3.05) is 6.54 Å². The Morgan fingerprint density at radius 2 is 1.81 bits per heavy atom. The van der Waals surface area contributed by atoms with E-state index in [0.717, 1.165) is 21.7 Å². The number of pyridine rings is 1. The van der Waals surface area contributed by atoms with Crippen molar-refractivity contribution in [3.63, 3.8) is 0 Å². The van der Waals surface area contributed by atoms with Crippen LogP contribution in [0.4, 0.5) is 0 Å². The van der Waals surface area contributed by atoms with E-state index in [1.165, 1.54) is 16.9 Å². The van der Waals surface area contributed by atoms with Crippen LogP contribution in [-0.2, 0) is 6.54 Å². The molecule has 1 aliphatic heterocycles. The molecule has 0 atom stereocenters. The van der Waals surface area contributed by atoms with E-state index < -0.39 is 0 Å². The summed E-state index contributed by atoms with van der Waals surface area (Å²) in [6.07, 6.45) is 3.47. The maximum atomic E-state index is 10.5. The molecule has 27 heavy (non-hydrogen) atoms. The summed E-state index contributed by atoms with van der Waals surface area (Å²) in [5.41, 5.74) is 4.76. The molecule has 0 saturated carbocycles. The van der Waals surface area contributed by atoms with Gasteiger partial charge in [-0.2, -0.15) is 0 Å². The summed E-state index contributed by atoms with van der Waals surface area (Å²) >= 11 is 1.52. The fourth-order valence-electron chi connectivity index (χ4n) is 3.18. The molecule has 0 radical (unpaired) electrons. The maximum absolute atomic E-state index is 10.5. The normalized spacial score (nSPS) is 14.3. The van der Waals surface area contributed by atoms with E-state index in [1.807, 2.05) is 24.0 Å². The highest BCUT2D eigenvalue weighted by atomic mass is 32.1. The summed E-state index contributed by atoms with van der Waals surface area (Å²) in [7, 11) is 0. The Kier molecular flexibility index (Phi) is 4.49. The molecule has 0 fully saturated rings. The Morgan fingerprint density at radius 1 is 1.11 bits per heavy atom. The highest BCUT2D eigenvalue weighted by Crippen LogP contribution is 2.35. The van der Waals surface area contributed by atoms with Crippen LogP contribution in [0, 0.1) is 19.3 Å². The first kappa shape index (κ1) is 17.4. The second kappa shape index (κ2) is 6.96. The fourth-order valence-corrected chi connectivity index (χ4v) is 4.19. The highest BCUT2D eigenvalue weighted by Gasteiger charge is 2.30. The third kappa shape index (κ3) is 3.36. The first-order valence-electron chi connectivity index (χ1n) is 8.72. The van der Waals surface area contributed by atoms with Crippen molar-refractivity contribution < 1.29 is 5.11 Å². The molecule has 5 nitrogen and oxygen atoms in total. The Morgan fingerprint density at radius 3 is 2.52 bits per heavy atom. The molecule has 1 aliphatic rings. The molecular formula is C21H20N4OS. The molecule has 2 aromatic heterocycles. The van der Waals surface area contributed by atoms with E-state index in [2.05, 4.69) is 36.2 Å². The predicted octanol–water partition coefficient (Wildman–Crippen LogP) is 4.58. The molecule has 0 amide bonds. The Bertz CT molecular complexity index is 1020. The van der Waals surface area contributed by atoms with Crippen LogP contribution in [0.25, 0.3) is 16.8 Å². The van der Waals surface area contributed by atoms with E-state index in [-0.39, 0.29) is 5.76 Å². The van der Waals surface area contributed by atoms with E-state index in [1.54, 1.807) is 12.4 Å². The van der Waals surface area contributed by atoms with Gasteiger partial charge in [0, 0.05) is 29.4 Å². The third-order valence-corrected chi connectivity index (χ3v) is 5.63. The molecule has 0 aliphatic carbocycles. The van der Waals surface area contributed by atoms with Gasteiger partial charge in [0.25, 0.3) is 0 Å². The van der Waals surface area contributed by atoms with Crippen LogP contribution in [0.5, 0.6) is 0 Å². The number of aliphatic hydroxyl groups excluding tert-OH is 1. The Labute approximate surface area is 162 Å². The van der Waals surface area contributed by atoms with Gasteiger partial charge in [-0.25, -0.2) is 4.98 Å². The smallest absolute Gasteiger partial charge is 0.135 e. The average Bonchev–Trinajstić information content (AvgIpc) is 3.16. The van der Waals surface area contributed by atoms with E-state index in [9.17, 15) is 5.11 Å². The molecule has 3 aromatic rings. The van der Waals surface area contributed by atoms with Gasteiger partial charge < -0.3 is 10.0 Å². The number of hydrogen-bond acceptors (Lipinski definition) is 5. The molecule has 1 aromatic carbocycles. The number of nitrogens with one attached hydrogen (secondary N) is 1. The van der Waals surface area contributed by atoms with Crippen LogP contribution in [0.1, 0.15) is 21.0 Å². The van der Waals surface area contributed by atoms with E-state index in [0.29, 0.717) is 29.5 Å². The zero-order valence-corrected chi connectivity index (χ0v) is 16.0. The van der Waals surface area contributed by atoms with Crippen molar-refractivity contribution in [3.05, 3.63) is 75.6 Å². The largest absolute Gasteiger partial charge is 0.510 e. The second-order valence-corrected chi connectivity index (χ2v) is 7.87. The lowest BCUT2D eigenvalue weighted by molar-refractivity contribution is 0.347. The molecule has 3 heterocycles. The second-order valence-electron chi connectivity index (χ2n) is 6.67. The van der Waals surface area contributed by atoms with Gasteiger partial charge in [-0.1, -0.05) is 29.8 Å². The molecule has 0 spiro atoms. The minimum absolute atomic E-state index is 0.207. The van der Waals surface area contributed by atoms with Crippen molar-refractivity contribution in [1.29, 1.82) is 5.41 Å². The molecule has 2 N–H and O–H groups in total. The SMILES string of the molecule is Cc1ccc(-c2nc(C3=C(O)CN(Cc4ccncc4)C3=N)sc2C)cc1. The minimum Gasteiger partial charge on any atom is -0.510 e. The number of aromatic nitrogens is 2. The molecular weight excluding hydrogens is 356 g/mol. The lowest BCUT2D eigenvalue weighted by atomic mass is 10.1. The van der Waals surface area contributed by atoms with Crippen molar-refractivity contribution in [1.82, 2.24) is 14.9 Å². The van der Waals surface area contributed by atoms with Gasteiger partial charge >= 0.3 is 0 Å². The lowest BCUT2D eigenvalue weighted by Gasteiger charge is -2.18. The maximum Gasteiger partial charge on any atom is 0.135 e. The first-order chi connectivity index (χ1) is 13.0. The number of rotatable bonds is 4. The number of thiazole rings is 1. The molecule has 4 rings (SSSR count). The molecule has 6 heteroatoms. The molecule has 0 unspecified atom stereocenters. The van der Waals surface area contributed by atoms with Crippen LogP contribution in [0.3, 0.4) is 0 Å². The number of benzene rings is 1. The Hall–Kier alpha value is -2.99. The number of amidine groups is 1. The zero-order valence-electron chi connectivity index (χ0n) is 15.2. The van der Waals surface area contributed by atoms with Gasteiger partial charge in [0.1, 0.15) is 16.6 Å². The standard InChI is InChI=1S/C21H20N4OS/c1-13-3-5-16(6-4-13)19-14(2)27-21(24-19)18-17(26)12-25(20(18)22)11-15-7-9-23-10-8-15/h3-10,22,26H,11-12H2,1-2H3. The monoisotopic (exact) mass is 376 g/mol. The van der Waals surface area contributed by atoms with Crippen molar-refractivity contribution in [3.8, 4) is 11.3 Å².